The fourth-order valence-electron chi connectivity index (χ4n) is 5.48. The smallest absolute Gasteiger partial charge is 0.255 e. The van der Waals surface area contributed by atoms with Gasteiger partial charge in [0, 0.05) is 31.1 Å². The molecular weight excluding hydrogens is 420 g/mol. The van der Waals surface area contributed by atoms with Gasteiger partial charge in [0.2, 0.25) is 11.8 Å². The molecule has 3 fully saturated rings. The number of piperidine rings is 2. The van der Waals surface area contributed by atoms with E-state index >= 15 is 0 Å². The Kier molecular flexibility index (Phi) is 4.91. The quantitative estimate of drug-likeness (QED) is 0.531. The maximum absolute atomic E-state index is 13.2. The molecule has 1 aromatic rings. The van der Waals surface area contributed by atoms with Crippen LogP contribution in [0.3, 0.4) is 0 Å². The minimum atomic E-state index is -3.10. The van der Waals surface area contributed by atoms with Crippen molar-refractivity contribution in [2.24, 2.45) is 0 Å². The van der Waals surface area contributed by atoms with Gasteiger partial charge in [0.15, 0.2) is 9.84 Å². The molecule has 3 saturated heterocycles. The fourth-order valence-corrected chi connectivity index (χ4v) is 7.82. The number of hydrogen-bond acceptors (Lipinski definition) is 7. The van der Waals surface area contributed by atoms with Gasteiger partial charge in [-0.25, -0.2) is 8.42 Å². The van der Waals surface area contributed by atoms with Gasteiger partial charge in [0.05, 0.1) is 10.5 Å². The summed E-state index contributed by atoms with van der Waals surface area (Å²) < 4.78 is 24.4. The van der Waals surface area contributed by atoms with E-state index in [0.717, 1.165) is 11.1 Å². The van der Waals surface area contributed by atoms with Crippen molar-refractivity contribution in [1.29, 1.82) is 0 Å². The summed E-state index contributed by atoms with van der Waals surface area (Å²) >= 11 is 0. The highest BCUT2D eigenvalue weighted by Crippen LogP contribution is 2.42. The molecular formula is C21H26N4O5S. The minimum Gasteiger partial charge on any atom is -0.322 e. The van der Waals surface area contributed by atoms with Crippen LogP contribution in [0.15, 0.2) is 18.2 Å². The van der Waals surface area contributed by atoms with Crippen LogP contribution in [-0.2, 0) is 32.5 Å². The number of rotatable bonds is 4. The number of hydrogen-bond donors (Lipinski definition) is 3. The summed E-state index contributed by atoms with van der Waals surface area (Å²) in [6.07, 6.45) is 1.75. The Morgan fingerprint density at radius 1 is 1.16 bits per heavy atom. The van der Waals surface area contributed by atoms with Crippen molar-refractivity contribution in [3.8, 4) is 0 Å². The van der Waals surface area contributed by atoms with Crippen LogP contribution in [0.1, 0.15) is 47.2 Å². The molecule has 0 radical (unpaired) electrons. The number of fused-ring (bicyclic) bond motifs is 1. The topological polar surface area (TPSA) is 125 Å². The van der Waals surface area contributed by atoms with Crippen molar-refractivity contribution in [2.45, 2.75) is 55.6 Å². The Bertz CT molecular complexity index is 1060. The molecule has 0 saturated carbocycles. The molecule has 2 unspecified atom stereocenters. The first kappa shape index (κ1) is 20.6. The summed E-state index contributed by atoms with van der Waals surface area (Å²) in [6, 6.07) is 4.87. The molecule has 0 aromatic heterocycles. The summed E-state index contributed by atoms with van der Waals surface area (Å²) in [5.41, 5.74) is 2.25. The fraction of sp³-hybridized carbons (Fsp3) is 0.571. The highest BCUT2D eigenvalue weighted by molar-refractivity contribution is 7.94. The highest BCUT2D eigenvalue weighted by atomic mass is 32.2. The van der Waals surface area contributed by atoms with Crippen LogP contribution in [0, 0.1) is 0 Å². The molecule has 0 bridgehead atoms. The average Bonchev–Trinajstić information content (AvgIpc) is 3.08. The zero-order valence-electron chi connectivity index (χ0n) is 17.1. The molecule has 3 N–H and O–H groups in total. The van der Waals surface area contributed by atoms with Gasteiger partial charge in [-0.2, -0.15) is 0 Å². The van der Waals surface area contributed by atoms with Crippen LogP contribution < -0.4 is 16.0 Å². The number of nitrogens with one attached hydrogen (secondary N) is 3. The summed E-state index contributed by atoms with van der Waals surface area (Å²) in [4.78, 5) is 38.5. The number of sulfone groups is 1. The van der Waals surface area contributed by atoms with Crippen LogP contribution in [0.5, 0.6) is 0 Å². The largest absolute Gasteiger partial charge is 0.322 e. The number of amides is 3. The van der Waals surface area contributed by atoms with E-state index in [9.17, 15) is 22.8 Å². The number of carbonyl (C=O) groups is 3. The van der Waals surface area contributed by atoms with E-state index in [1.807, 2.05) is 18.2 Å². The molecule has 166 valence electrons. The molecule has 1 spiro atoms. The van der Waals surface area contributed by atoms with Crippen LogP contribution in [0.4, 0.5) is 0 Å². The second kappa shape index (κ2) is 7.39. The monoisotopic (exact) mass is 446 g/mol. The molecule has 4 aliphatic rings. The van der Waals surface area contributed by atoms with Crippen LogP contribution in [0.2, 0.25) is 0 Å². The van der Waals surface area contributed by atoms with E-state index in [0.29, 0.717) is 51.0 Å². The number of nitrogens with zero attached hydrogens (tertiary/aromatic N) is 1. The summed E-state index contributed by atoms with van der Waals surface area (Å²) in [7, 11) is -3.10. The number of carbonyl (C=O) groups excluding carboxylic acids is 3. The van der Waals surface area contributed by atoms with Gasteiger partial charge in [-0.1, -0.05) is 18.2 Å². The number of imide groups is 1. The molecule has 31 heavy (non-hydrogen) atoms. The third kappa shape index (κ3) is 3.19. The molecule has 4 heterocycles. The normalized spacial score (nSPS) is 28.9. The Morgan fingerprint density at radius 2 is 1.94 bits per heavy atom. The SMILES string of the molecule is O=C1CCC(N2Cc3cccc(CNC4CS(=O)(=O)C45CCNCC5)c3C2=O)C(=O)N1. The van der Waals surface area contributed by atoms with Crippen molar-refractivity contribution >= 4 is 27.6 Å². The van der Waals surface area contributed by atoms with Crippen molar-refractivity contribution in [3.05, 3.63) is 34.9 Å². The predicted octanol–water partition coefficient (Wildman–Crippen LogP) is -0.544. The highest BCUT2D eigenvalue weighted by Gasteiger charge is 2.59. The van der Waals surface area contributed by atoms with Crippen LogP contribution >= 0.6 is 0 Å². The standard InChI is InChI=1S/C21H26N4O5S/c26-17-5-4-15(19(27)24-17)25-11-14-3-1-2-13(18(14)20(25)28)10-23-16-12-31(29,30)21(16)6-8-22-9-7-21/h1-3,15-16,22-23H,4-12H2,(H,24,26,27). The van der Waals surface area contributed by atoms with Gasteiger partial charge in [-0.15, -0.1) is 0 Å². The summed E-state index contributed by atoms with van der Waals surface area (Å²) in [5, 5.41) is 8.95. The van der Waals surface area contributed by atoms with Crippen LogP contribution in [-0.4, -0.2) is 66.7 Å². The number of benzene rings is 1. The second-order valence-electron chi connectivity index (χ2n) is 8.88. The maximum atomic E-state index is 13.2. The first-order chi connectivity index (χ1) is 14.8. The third-order valence-electron chi connectivity index (χ3n) is 7.27. The molecule has 0 aliphatic carbocycles. The van der Waals surface area contributed by atoms with Gasteiger partial charge in [0.25, 0.3) is 5.91 Å². The molecule has 9 nitrogen and oxygen atoms in total. The minimum absolute atomic E-state index is 0.123. The Morgan fingerprint density at radius 3 is 2.65 bits per heavy atom. The van der Waals surface area contributed by atoms with Gasteiger partial charge < -0.3 is 15.5 Å². The molecule has 10 heteroatoms. The predicted molar refractivity (Wildman–Crippen MR) is 112 cm³/mol. The van der Waals surface area contributed by atoms with Gasteiger partial charge in [0.1, 0.15) is 6.04 Å². The zero-order chi connectivity index (χ0) is 21.8. The van der Waals surface area contributed by atoms with Gasteiger partial charge in [-0.3, -0.25) is 19.7 Å². The first-order valence-corrected chi connectivity index (χ1v) is 12.4. The van der Waals surface area contributed by atoms with Gasteiger partial charge >= 0.3 is 0 Å². The lowest BCUT2D eigenvalue weighted by Crippen LogP contribution is -2.71. The molecule has 1 aromatic carbocycles. The van der Waals surface area contributed by atoms with E-state index in [2.05, 4.69) is 16.0 Å². The van der Waals surface area contributed by atoms with Crippen molar-refractivity contribution in [1.82, 2.24) is 20.9 Å². The van der Waals surface area contributed by atoms with E-state index in [4.69, 9.17) is 0 Å². The first-order valence-electron chi connectivity index (χ1n) is 10.7. The maximum Gasteiger partial charge on any atom is 0.255 e. The molecule has 3 amide bonds. The third-order valence-corrected chi connectivity index (χ3v) is 9.97. The van der Waals surface area contributed by atoms with Crippen molar-refractivity contribution in [2.75, 3.05) is 18.8 Å². The lowest BCUT2D eigenvalue weighted by Gasteiger charge is -2.51. The summed E-state index contributed by atoms with van der Waals surface area (Å²) in [6.45, 7) is 2.12. The molecule has 5 rings (SSSR count). The molecule has 4 aliphatic heterocycles. The Labute approximate surface area is 180 Å². The Balaban J connectivity index is 1.33. The van der Waals surface area contributed by atoms with E-state index in [-0.39, 0.29) is 30.0 Å². The van der Waals surface area contributed by atoms with Crippen molar-refractivity contribution < 1.29 is 22.8 Å². The van der Waals surface area contributed by atoms with Crippen molar-refractivity contribution in [3.63, 3.8) is 0 Å². The van der Waals surface area contributed by atoms with E-state index in [1.54, 1.807) is 0 Å². The summed E-state index contributed by atoms with van der Waals surface area (Å²) in [5.74, 6) is -0.819. The zero-order valence-corrected chi connectivity index (χ0v) is 18.0. The Hall–Kier alpha value is -2.30. The van der Waals surface area contributed by atoms with Crippen LogP contribution in [0.25, 0.3) is 0 Å². The van der Waals surface area contributed by atoms with E-state index < -0.39 is 26.5 Å². The van der Waals surface area contributed by atoms with E-state index in [1.165, 1.54) is 4.90 Å². The van der Waals surface area contributed by atoms with Gasteiger partial charge in [-0.05, 0) is 43.5 Å². The lowest BCUT2D eigenvalue weighted by molar-refractivity contribution is -0.136. The second-order valence-corrected chi connectivity index (χ2v) is 11.3. The lowest BCUT2D eigenvalue weighted by atomic mass is 9.88. The average molecular weight is 447 g/mol. The molecule has 2 atom stereocenters.